The summed E-state index contributed by atoms with van der Waals surface area (Å²) in [6.07, 6.45) is -3.19. The van der Waals surface area contributed by atoms with E-state index in [1.807, 2.05) is 0 Å². The van der Waals surface area contributed by atoms with Gasteiger partial charge in [0.1, 0.15) is 11.3 Å². The number of ether oxygens (including phenoxy) is 1. The normalized spacial score (nSPS) is 13.1. The molecule has 0 atom stereocenters. The zero-order valence-corrected chi connectivity index (χ0v) is 13.1. The fraction of sp³-hybridized carbons (Fsp3) is 0.700. The lowest BCUT2D eigenvalue weighted by Gasteiger charge is -2.16. The van der Waals surface area contributed by atoms with Crippen LogP contribution in [0.1, 0.15) is 5.82 Å². The molecule has 0 aromatic carbocycles. The number of halogens is 4. The van der Waals surface area contributed by atoms with Crippen LogP contribution in [0.2, 0.25) is 25.7 Å². The maximum atomic E-state index is 12.6. The van der Waals surface area contributed by atoms with Crippen molar-refractivity contribution in [3.8, 4) is 0 Å². The van der Waals surface area contributed by atoms with Crippen molar-refractivity contribution in [2.75, 3.05) is 6.61 Å². The molecule has 0 N–H and O–H groups in total. The molecule has 0 aliphatic heterocycles. The van der Waals surface area contributed by atoms with E-state index >= 15 is 0 Å². The number of alkyl halides is 3. The molecule has 1 aromatic rings. The van der Waals surface area contributed by atoms with E-state index in [-0.39, 0.29) is 11.3 Å². The van der Waals surface area contributed by atoms with Crippen molar-refractivity contribution in [1.29, 1.82) is 0 Å². The van der Waals surface area contributed by atoms with Gasteiger partial charge >= 0.3 is 6.18 Å². The Kier molecular flexibility index (Phi) is 5.02. The highest BCUT2D eigenvalue weighted by Gasteiger charge is 2.36. The van der Waals surface area contributed by atoms with Gasteiger partial charge in [0.25, 0.3) is 0 Å². The lowest BCUT2D eigenvalue weighted by atomic mass is 10.6. The van der Waals surface area contributed by atoms with E-state index < -0.39 is 20.1 Å². The van der Waals surface area contributed by atoms with Crippen molar-refractivity contribution in [2.45, 2.75) is 38.6 Å². The van der Waals surface area contributed by atoms with Gasteiger partial charge in [-0.1, -0.05) is 19.6 Å². The predicted octanol–water partition coefficient (Wildman–Crippen LogP) is 3.98. The molecule has 18 heavy (non-hydrogen) atoms. The van der Waals surface area contributed by atoms with Gasteiger partial charge < -0.3 is 9.30 Å². The van der Waals surface area contributed by atoms with Gasteiger partial charge in [-0.25, -0.2) is 4.98 Å². The molecule has 0 spiro atoms. The van der Waals surface area contributed by atoms with Crippen LogP contribution in [0, 0.1) is 0 Å². The molecule has 0 radical (unpaired) electrons. The van der Waals surface area contributed by atoms with Crippen molar-refractivity contribution >= 4 is 24.0 Å². The molecule has 0 saturated heterocycles. The van der Waals surface area contributed by atoms with Crippen molar-refractivity contribution in [3.63, 3.8) is 0 Å². The average molecular weight is 345 g/mol. The second-order valence-electron chi connectivity index (χ2n) is 5.20. The Hall–Kier alpha value is -0.343. The molecular formula is C10H16BrF3N2OSi. The average Bonchev–Trinajstić information content (AvgIpc) is 2.52. The smallest absolute Gasteiger partial charge is 0.361 e. The van der Waals surface area contributed by atoms with Crippen LogP contribution >= 0.6 is 15.9 Å². The maximum absolute atomic E-state index is 12.6. The fourth-order valence-electron chi connectivity index (χ4n) is 1.25. The molecule has 0 amide bonds. The summed E-state index contributed by atoms with van der Waals surface area (Å²) in [7, 11) is -1.22. The summed E-state index contributed by atoms with van der Waals surface area (Å²) in [5.74, 6) is -0.942. The minimum absolute atomic E-state index is 0.127. The number of nitrogens with zero attached hydrogens (tertiary/aromatic N) is 2. The Bertz CT molecular complexity index is 401. The van der Waals surface area contributed by atoms with Crippen LogP contribution < -0.4 is 0 Å². The number of imidazole rings is 1. The quantitative estimate of drug-likeness (QED) is 0.596. The summed E-state index contributed by atoms with van der Waals surface area (Å²) in [6.45, 7) is 6.91. The van der Waals surface area contributed by atoms with Crippen LogP contribution in [-0.4, -0.2) is 24.2 Å². The fourth-order valence-corrected chi connectivity index (χ4v) is 2.42. The second kappa shape index (κ2) is 5.75. The highest BCUT2D eigenvalue weighted by molar-refractivity contribution is 9.10. The molecule has 1 rings (SSSR count). The summed E-state index contributed by atoms with van der Waals surface area (Å²) in [5, 5.41) is 0. The van der Waals surface area contributed by atoms with Crippen LogP contribution in [0.5, 0.6) is 0 Å². The Morgan fingerprint density at radius 3 is 2.50 bits per heavy atom. The Morgan fingerprint density at radius 1 is 1.39 bits per heavy atom. The van der Waals surface area contributed by atoms with E-state index in [1.165, 1.54) is 6.20 Å². The lowest BCUT2D eigenvalue weighted by Crippen LogP contribution is -2.22. The number of rotatable bonds is 5. The third-order valence-electron chi connectivity index (χ3n) is 2.23. The van der Waals surface area contributed by atoms with Crippen molar-refractivity contribution < 1.29 is 17.9 Å². The standard InChI is InChI=1S/C10H16BrF3N2OSi/c1-18(2,3)5-4-17-7-16-6-8(11)15-9(16)10(12,13)14/h6H,4-5,7H2,1-3H3. The summed E-state index contributed by atoms with van der Waals surface area (Å²) < 4.78 is 44.2. The van der Waals surface area contributed by atoms with E-state index in [1.54, 1.807) is 0 Å². The summed E-state index contributed by atoms with van der Waals surface area (Å²) in [6, 6.07) is 0.921. The minimum atomic E-state index is -4.46. The van der Waals surface area contributed by atoms with E-state index in [9.17, 15) is 13.2 Å². The van der Waals surface area contributed by atoms with Crippen LogP contribution in [-0.2, 0) is 17.6 Å². The monoisotopic (exact) mass is 344 g/mol. The molecule has 0 aliphatic rings. The van der Waals surface area contributed by atoms with Crippen molar-refractivity contribution in [1.82, 2.24) is 9.55 Å². The van der Waals surface area contributed by atoms with Crippen LogP contribution in [0.4, 0.5) is 13.2 Å². The maximum Gasteiger partial charge on any atom is 0.449 e. The summed E-state index contributed by atoms with van der Waals surface area (Å²) >= 11 is 2.94. The summed E-state index contributed by atoms with van der Waals surface area (Å²) in [5.41, 5.74) is 0. The lowest BCUT2D eigenvalue weighted by molar-refractivity contribution is -0.149. The minimum Gasteiger partial charge on any atom is -0.361 e. The molecule has 0 fully saturated rings. The largest absolute Gasteiger partial charge is 0.449 e. The van der Waals surface area contributed by atoms with Crippen LogP contribution in [0.25, 0.3) is 0 Å². The highest BCUT2D eigenvalue weighted by Crippen LogP contribution is 2.29. The third kappa shape index (κ3) is 5.11. The van der Waals surface area contributed by atoms with E-state index in [0.29, 0.717) is 6.61 Å². The molecule has 8 heteroatoms. The molecule has 3 nitrogen and oxygen atoms in total. The van der Waals surface area contributed by atoms with Gasteiger partial charge in [0, 0.05) is 20.9 Å². The Morgan fingerprint density at radius 2 is 2.00 bits per heavy atom. The van der Waals surface area contributed by atoms with Gasteiger partial charge in [0.15, 0.2) is 0 Å². The molecule has 104 valence electrons. The zero-order valence-electron chi connectivity index (χ0n) is 10.5. The number of hydrogen-bond donors (Lipinski definition) is 0. The van der Waals surface area contributed by atoms with Gasteiger partial charge in [0.2, 0.25) is 5.82 Å². The molecule has 1 heterocycles. The molecular weight excluding hydrogens is 329 g/mol. The Balaban J connectivity index is 2.58. The Labute approximate surface area is 113 Å². The zero-order chi connectivity index (χ0) is 14.0. The van der Waals surface area contributed by atoms with Crippen molar-refractivity contribution in [3.05, 3.63) is 16.6 Å². The van der Waals surface area contributed by atoms with Gasteiger partial charge in [-0.15, -0.1) is 0 Å². The van der Waals surface area contributed by atoms with E-state index in [2.05, 4.69) is 40.6 Å². The van der Waals surface area contributed by atoms with E-state index in [0.717, 1.165) is 10.6 Å². The summed E-state index contributed by atoms with van der Waals surface area (Å²) in [4.78, 5) is 3.39. The molecule has 0 aliphatic carbocycles. The highest BCUT2D eigenvalue weighted by atomic mass is 79.9. The number of aromatic nitrogens is 2. The number of hydrogen-bond acceptors (Lipinski definition) is 2. The van der Waals surface area contributed by atoms with E-state index in [4.69, 9.17) is 4.74 Å². The van der Waals surface area contributed by atoms with Gasteiger partial charge in [-0.05, 0) is 22.0 Å². The first-order valence-corrected chi connectivity index (χ1v) is 9.97. The van der Waals surface area contributed by atoms with Gasteiger partial charge in [0.05, 0.1) is 0 Å². The SMILES string of the molecule is C[Si](C)(C)CCOCn1cc(Br)nc1C(F)(F)F. The first kappa shape index (κ1) is 15.7. The first-order chi connectivity index (χ1) is 8.09. The molecule has 0 saturated carbocycles. The first-order valence-electron chi connectivity index (χ1n) is 5.47. The third-order valence-corrected chi connectivity index (χ3v) is 4.31. The predicted molar refractivity (Wildman–Crippen MR) is 69.0 cm³/mol. The molecule has 0 unspecified atom stereocenters. The van der Waals surface area contributed by atoms with Gasteiger partial charge in [-0.3, -0.25) is 0 Å². The van der Waals surface area contributed by atoms with Crippen LogP contribution in [0.3, 0.4) is 0 Å². The molecule has 1 aromatic heterocycles. The van der Waals surface area contributed by atoms with Gasteiger partial charge in [-0.2, -0.15) is 13.2 Å². The van der Waals surface area contributed by atoms with Crippen LogP contribution in [0.15, 0.2) is 10.8 Å². The van der Waals surface area contributed by atoms with Crippen molar-refractivity contribution in [2.24, 2.45) is 0 Å². The molecule has 0 bridgehead atoms. The second-order valence-corrected chi connectivity index (χ2v) is 11.6. The topological polar surface area (TPSA) is 27.1 Å².